The molecule has 15 heavy (non-hydrogen) atoms. The monoisotopic (exact) mass is 221 g/mol. The van der Waals surface area contributed by atoms with Crippen LogP contribution in [0.15, 0.2) is 24.3 Å². The molecule has 0 spiro atoms. The minimum atomic E-state index is -4.72. The molecule has 1 atom stereocenters. The lowest BCUT2D eigenvalue weighted by Crippen LogP contribution is -2.19. The second-order valence-corrected chi connectivity index (χ2v) is 2.86. The minimum Gasteiger partial charge on any atom is -0.405 e. The summed E-state index contributed by atoms with van der Waals surface area (Å²) in [4.78, 5) is 4.44. The third kappa shape index (κ3) is 3.41. The Morgan fingerprint density at radius 1 is 1.27 bits per heavy atom. The van der Waals surface area contributed by atoms with E-state index >= 15 is 0 Å². The predicted octanol–water partition coefficient (Wildman–Crippen LogP) is 2.54. The first-order valence-corrected chi connectivity index (χ1v) is 4.14. The average Bonchev–Trinajstić information content (AvgIpc) is 2.15. The van der Waals surface area contributed by atoms with Gasteiger partial charge in [-0.2, -0.15) is 0 Å². The molecule has 0 amide bonds. The van der Waals surface area contributed by atoms with Gasteiger partial charge in [-0.15, -0.1) is 13.2 Å². The number of rotatable bonds is 3. The second-order valence-electron chi connectivity index (χ2n) is 2.86. The van der Waals surface area contributed by atoms with E-state index in [1.165, 1.54) is 25.1 Å². The highest BCUT2D eigenvalue weighted by atomic mass is 19.4. The van der Waals surface area contributed by atoms with Crippen LogP contribution in [-0.4, -0.2) is 6.36 Å². The highest BCUT2D eigenvalue weighted by Crippen LogP contribution is 2.30. The molecule has 0 bridgehead atoms. The van der Waals surface area contributed by atoms with Crippen molar-refractivity contribution >= 4 is 0 Å². The first kappa shape index (κ1) is 11.8. The van der Waals surface area contributed by atoms with Crippen molar-refractivity contribution in [2.45, 2.75) is 19.4 Å². The Bertz CT molecular complexity index is 327. The fourth-order valence-corrected chi connectivity index (χ4v) is 1.11. The molecular weight excluding hydrogens is 211 g/mol. The summed E-state index contributed by atoms with van der Waals surface area (Å²) in [5, 5.41) is 0. The fourth-order valence-electron chi connectivity index (χ4n) is 1.11. The van der Waals surface area contributed by atoms with Crippen molar-refractivity contribution in [3.63, 3.8) is 0 Å². The summed E-state index contributed by atoms with van der Waals surface area (Å²) in [7, 11) is 0. The third-order valence-corrected chi connectivity index (χ3v) is 1.79. The molecular formula is C9H10F3NO2. The van der Waals surface area contributed by atoms with E-state index in [0.717, 1.165) is 0 Å². The fraction of sp³-hybridized carbons (Fsp3) is 0.333. The molecule has 0 aromatic heterocycles. The molecule has 0 aliphatic heterocycles. The zero-order valence-corrected chi connectivity index (χ0v) is 7.91. The van der Waals surface area contributed by atoms with Crippen LogP contribution in [0.3, 0.4) is 0 Å². The van der Waals surface area contributed by atoms with Crippen molar-refractivity contribution < 1.29 is 22.7 Å². The highest BCUT2D eigenvalue weighted by Gasteiger charge is 2.32. The molecule has 1 unspecified atom stereocenters. The van der Waals surface area contributed by atoms with Gasteiger partial charge >= 0.3 is 6.36 Å². The molecule has 84 valence electrons. The van der Waals surface area contributed by atoms with Gasteiger partial charge in [0.25, 0.3) is 0 Å². The Morgan fingerprint density at radius 2 is 1.87 bits per heavy atom. The maximum absolute atomic E-state index is 12.0. The van der Waals surface area contributed by atoms with Gasteiger partial charge in [-0.1, -0.05) is 18.2 Å². The number of halogens is 3. The molecule has 0 saturated heterocycles. The van der Waals surface area contributed by atoms with E-state index in [4.69, 9.17) is 5.90 Å². The number of nitrogens with two attached hydrogens (primary N) is 1. The molecule has 0 saturated carbocycles. The van der Waals surface area contributed by atoms with Crippen LogP contribution in [0.1, 0.15) is 18.6 Å². The average molecular weight is 221 g/mol. The van der Waals surface area contributed by atoms with Crippen LogP contribution in [0.5, 0.6) is 5.75 Å². The molecule has 0 aliphatic carbocycles. The minimum absolute atomic E-state index is 0.248. The highest BCUT2D eigenvalue weighted by molar-refractivity contribution is 5.35. The van der Waals surface area contributed by atoms with Crippen molar-refractivity contribution in [1.82, 2.24) is 0 Å². The van der Waals surface area contributed by atoms with Gasteiger partial charge in [0.15, 0.2) is 0 Å². The quantitative estimate of drug-likeness (QED) is 0.797. The summed E-state index contributed by atoms with van der Waals surface area (Å²) in [5.41, 5.74) is 0.248. The van der Waals surface area contributed by atoms with Gasteiger partial charge in [0.1, 0.15) is 11.9 Å². The maximum Gasteiger partial charge on any atom is 0.573 e. The van der Waals surface area contributed by atoms with Crippen molar-refractivity contribution in [1.29, 1.82) is 0 Å². The summed E-state index contributed by atoms with van der Waals surface area (Å²) < 4.78 is 39.8. The Balaban J connectivity index is 2.96. The van der Waals surface area contributed by atoms with E-state index in [9.17, 15) is 13.2 Å². The lowest BCUT2D eigenvalue weighted by molar-refractivity contribution is -0.275. The second kappa shape index (κ2) is 4.50. The largest absolute Gasteiger partial charge is 0.573 e. The summed E-state index contributed by atoms with van der Waals surface area (Å²) >= 11 is 0. The Kier molecular flexibility index (Phi) is 3.54. The number of ether oxygens (including phenoxy) is 1. The number of para-hydroxylation sites is 1. The van der Waals surface area contributed by atoms with Crippen molar-refractivity contribution in [2.24, 2.45) is 5.90 Å². The molecule has 1 aromatic carbocycles. The lowest BCUT2D eigenvalue weighted by Gasteiger charge is -2.16. The number of benzene rings is 1. The van der Waals surface area contributed by atoms with E-state index in [1.807, 2.05) is 0 Å². The van der Waals surface area contributed by atoms with E-state index in [0.29, 0.717) is 0 Å². The van der Waals surface area contributed by atoms with Crippen LogP contribution in [0.4, 0.5) is 13.2 Å². The Labute approximate surface area is 84.5 Å². The van der Waals surface area contributed by atoms with Gasteiger partial charge in [0.2, 0.25) is 0 Å². The molecule has 0 aliphatic rings. The van der Waals surface area contributed by atoms with E-state index in [2.05, 4.69) is 9.57 Å². The smallest absolute Gasteiger partial charge is 0.405 e. The number of alkyl halides is 3. The maximum atomic E-state index is 12.0. The van der Waals surface area contributed by atoms with E-state index in [-0.39, 0.29) is 11.3 Å². The summed E-state index contributed by atoms with van der Waals surface area (Å²) in [6.07, 6.45) is -5.38. The lowest BCUT2D eigenvalue weighted by atomic mass is 10.1. The predicted molar refractivity (Wildman–Crippen MR) is 46.8 cm³/mol. The molecule has 2 N–H and O–H groups in total. The normalized spacial score (nSPS) is 13.7. The standard InChI is InChI=1S/C9H10F3NO2/c1-6(15-13)7-4-2-3-5-8(7)14-9(10,11)12/h2-6H,13H2,1H3. The van der Waals surface area contributed by atoms with Gasteiger partial charge in [-0.25, -0.2) is 5.90 Å². The van der Waals surface area contributed by atoms with Crippen LogP contribution in [-0.2, 0) is 4.84 Å². The van der Waals surface area contributed by atoms with Gasteiger partial charge in [-0.05, 0) is 13.0 Å². The molecule has 3 nitrogen and oxygen atoms in total. The first-order valence-electron chi connectivity index (χ1n) is 4.14. The van der Waals surface area contributed by atoms with Crippen LogP contribution >= 0.6 is 0 Å². The molecule has 6 heteroatoms. The van der Waals surface area contributed by atoms with Crippen molar-refractivity contribution in [2.75, 3.05) is 0 Å². The van der Waals surface area contributed by atoms with Crippen LogP contribution in [0.2, 0.25) is 0 Å². The Hall–Kier alpha value is -1.27. The third-order valence-electron chi connectivity index (χ3n) is 1.79. The van der Waals surface area contributed by atoms with Gasteiger partial charge < -0.3 is 4.74 Å². The molecule has 1 rings (SSSR count). The SMILES string of the molecule is CC(ON)c1ccccc1OC(F)(F)F. The van der Waals surface area contributed by atoms with Crippen LogP contribution in [0.25, 0.3) is 0 Å². The van der Waals surface area contributed by atoms with E-state index < -0.39 is 12.5 Å². The summed E-state index contributed by atoms with van der Waals surface area (Å²) in [5.74, 6) is 4.60. The summed E-state index contributed by atoms with van der Waals surface area (Å²) in [6, 6.07) is 5.68. The zero-order valence-electron chi connectivity index (χ0n) is 7.91. The first-order chi connectivity index (χ1) is 6.94. The van der Waals surface area contributed by atoms with Gasteiger partial charge in [0.05, 0.1) is 0 Å². The molecule has 0 radical (unpaired) electrons. The molecule has 0 fully saturated rings. The van der Waals surface area contributed by atoms with E-state index in [1.54, 1.807) is 6.07 Å². The topological polar surface area (TPSA) is 44.5 Å². The molecule has 0 heterocycles. The van der Waals surface area contributed by atoms with Crippen LogP contribution < -0.4 is 10.6 Å². The number of hydrogen-bond donors (Lipinski definition) is 1. The van der Waals surface area contributed by atoms with Gasteiger partial charge in [0, 0.05) is 5.56 Å². The van der Waals surface area contributed by atoms with Crippen molar-refractivity contribution in [3.8, 4) is 5.75 Å². The number of hydrogen-bond acceptors (Lipinski definition) is 3. The summed E-state index contributed by atoms with van der Waals surface area (Å²) in [6.45, 7) is 1.53. The molecule has 1 aromatic rings. The zero-order chi connectivity index (χ0) is 11.5. The Morgan fingerprint density at radius 3 is 2.40 bits per heavy atom. The van der Waals surface area contributed by atoms with Gasteiger partial charge in [-0.3, -0.25) is 4.84 Å². The van der Waals surface area contributed by atoms with Crippen molar-refractivity contribution in [3.05, 3.63) is 29.8 Å². The van der Waals surface area contributed by atoms with Crippen LogP contribution in [0, 0.1) is 0 Å².